The van der Waals surface area contributed by atoms with Crippen molar-refractivity contribution in [3.8, 4) is 34.4 Å². The van der Waals surface area contributed by atoms with Crippen molar-refractivity contribution < 1.29 is 9.26 Å². The first-order chi connectivity index (χ1) is 12.7. The van der Waals surface area contributed by atoms with Crippen LogP contribution in [0.4, 0.5) is 0 Å². The molecule has 0 saturated heterocycles. The Morgan fingerprint density at radius 1 is 1.23 bits per heavy atom. The number of aromatic nitrogens is 6. The molecule has 3 aromatic heterocycles. The number of rotatable bonds is 3. The van der Waals surface area contributed by atoms with E-state index in [2.05, 4.69) is 26.4 Å². The third-order valence-electron chi connectivity index (χ3n) is 4.50. The van der Waals surface area contributed by atoms with E-state index in [0.717, 1.165) is 41.4 Å². The average Bonchev–Trinajstić information content (AvgIpc) is 3.41. The molecule has 1 aliphatic rings. The molecule has 1 aromatic carbocycles. The van der Waals surface area contributed by atoms with Crippen molar-refractivity contribution in [1.29, 1.82) is 0 Å². The van der Waals surface area contributed by atoms with Gasteiger partial charge in [0.1, 0.15) is 11.3 Å². The van der Waals surface area contributed by atoms with E-state index in [1.807, 2.05) is 38.4 Å². The summed E-state index contributed by atoms with van der Waals surface area (Å²) in [5.74, 6) is 2.68. The zero-order valence-electron chi connectivity index (χ0n) is 14.4. The van der Waals surface area contributed by atoms with E-state index in [1.165, 1.54) is 5.56 Å². The fraction of sp³-hybridized carbons (Fsp3) is 0.222. The van der Waals surface area contributed by atoms with Crippen LogP contribution in [0.3, 0.4) is 0 Å². The van der Waals surface area contributed by atoms with Gasteiger partial charge in [0.15, 0.2) is 5.82 Å². The number of ether oxygens (including phenoxy) is 1. The predicted octanol–water partition coefficient (Wildman–Crippen LogP) is 2.57. The molecule has 8 heteroatoms. The molecule has 0 aliphatic carbocycles. The SMILES string of the molecule is Cc1nn(C)c(-n2cccn2)c1-c1nc(-c2ccc3c(c2)CCO3)no1. The largest absolute Gasteiger partial charge is 0.493 e. The van der Waals surface area contributed by atoms with Crippen LogP contribution in [0.5, 0.6) is 5.75 Å². The van der Waals surface area contributed by atoms with Crippen LogP contribution < -0.4 is 4.74 Å². The Hall–Kier alpha value is -3.42. The molecule has 0 atom stereocenters. The van der Waals surface area contributed by atoms with Gasteiger partial charge >= 0.3 is 0 Å². The van der Waals surface area contributed by atoms with Gasteiger partial charge in [-0.05, 0) is 36.8 Å². The van der Waals surface area contributed by atoms with Crippen LogP contribution in [0.2, 0.25) is 0 Å². The standard InChI is InChI=1S/C18H16N6O2/c1-11-15(18(23(2)21-11)24-8-3-7-19-24)17-20-16(22-26-17)13-4-5-14-12(10-13)6-9-25-14/h3-5,7-8,10H,6,9H2,1-2H3. The monoisotopic (exact) mass is 348 g/mol. The van der Waals surface area contributed by atoms with E-state index >= 15 is 0 Å². The predicted molar refractivity (Wildman–Crippen MR) is 93.0 cm³/mol. The maximum atomic E-state index is 5.57. The van der Waals surface area contributed by atoms with Crippen molar-refractivity contribution in [1.82, 2.24) is 29.7 Å². The number of benzene rings is 1. The normalized spacial score (nSPS) is 13.0. The zero-order valence-corrected chi connectivity index (χ0v) is 14.4. The molecule has 130 valence electrons. The van der Waals surface area contributed by atoms with Gasteiger partial charge in [-0.15, -0.1) is 0 Å². The molecule has 0 spiro atoms. The van der Waals surface area contributed by atoms with E-state index < -0.39 is 0 Å². The molecule has 5 rings (SSSR count). The van der Waals surface area contributed by atoms with Crippen LogP contribution >= 0.6 is 0 Å². The first kappa shape index (κ1) is 14.9. The van der Waals surface area contributed by atoms with E-state index in [1.54, 1.807) is 15.6 Å². The van der Waals surface area contributed by atoms with Crippen LogP contribution in [0, 0.1) is 6.92 Å². The highest BCUT2D eigenvalue weighted by molar-refractivity contribution is 5.68. The number of fused-ring (bicyclic) bond motifs is 1. The van der Waals surface area contributed by atoms with Crippen LogP contribution in [0.25, 0.3) is 28.7 Å². The lowest BCUT2D eigenvalue weighted by Crippen LogP contribution is -2.04. The van der Waals surface area contributed by atoms with Crippen molar-refractivity contribution in [2.75, 3.05) is 6.61 Å². The van der Waals surface area contributed by atoms with Crippen molar-refractivity contribution >= 4 is 0 Å². The first-order valence-corrected chi connectivity index (χ1v) is 8.34. The van der Waals surface area contributed by atoms with Gasteiger partial charge in [-0.2, -0.15) is 15.2 Å². The van der Waals surface area contributed by atoms with Crippen molar-refractivity contribution in [3.05, 3.63) is 47.9 Å². The molecule has 0 N–H and O–H groups in total. The van der Waals surface area contributed by atoms with Gasteiger partial charge in [-0.3, -0.25) is 0 Å². The Bertz CT molecular complexity index is 1090. The summed E-state index contributed by atoms with van der Waals surface area (Å²) in [4.78, 5) is 4.61. The molecule has 0 fully saturated rings. The molecule has 0 bridgehead atoms. The van der Waals surface area contributed by atoms with Gasteiger partial charge in [-0.1, -0.05) is 5.16 Å². The van der Waals surface area contributed by atoms with Crippen LogP contribution in [-0.2, 0) is 13.5 Å². The molecule has 4 heterocycles. The Labute approximate surface area is 149 Å². The second-order valence-electron chi connectivity index (χ2n) is 6.20. The minimum Gasteiger partial charge on any atom is -0.493 e. The van der Waals surface area contributed by atoms with Crippen molar-refractivity contribution in [3.63, 3.8) is 0 Å². The molecule has 0 amide bonds. The molecule has 4 aromatic rings. The fourth-order valence-corrected chi connectivity index (χ4v) is 3.32. The Morgan fingerprint density at radius 2 is 2.15 bits per heavy atom. The highest BCUT2D eigenvalue weighted by Gasteiger charge is 2.23. The molecule has 8 nitrogen and oxygen atoms in total. The lowest BCUT2D eigenvalue weighted by molar-refractivity contribution is 0.357. The second kappa shape index (κ2) is 5.55. The maximum Gasteiger partial charge on any atom is 0.263 e. The summed E-state index contributed by atoms with van der Waals surface area (Å²) in [6, 6.07) is 7.82. The van der Waals surface area contributed by atoms with Gasteiger partial charge < -0.3 is 9.26 Å². The number of hydrogen-bond donors (Lipinski definition) is 0. The minimum absolute atomic E-state index is 0.424. The summed E-state index contributed by atoms with van der Waals surface area (Å²) >= 11 is 0. The number of hydrogen-bond acceptors (Lipinski definition) is 6. The molecule has 0 radical (unpaired) electrons. The van der Waals surface area contributed by atoms with Crippen LogP contribution in [-0.4, -0.2) is 36.3 Å². The summed E-state index contributed by atoms with van der Waals surface area (Å²) in [6.07, 6.45) is 4.48. The Morgan fingerprint density at radius 3 is 3.00 bits per heavy atom. The summed E-state index contributed by atoms with van der Waals surface area (Å²) < 4.78 is 14.6. The van der Waals surface area contributed by atoms with Crippen molar-refractivity contribution in [2.24, 2.45) is 7.05 Å². The highest BCUT2D eigenvalue weighted by Crippen LogP contribution is 2.32. The van der Waals surface area contributed by atoms with Gasteiger partial charge in [0, 0.05) is 31.4 Å². The summed E-state index contributed by atoms with van der Waals surface area (Å²) in [5, 5.41) is 13.0. The van der Waals surface area contributed by atoms with Crippen LogP contribution in [0.1, 0.15) is 11.3 Å². The summed E-state index contributed by atoms with van der Waals surface area (Å²) in [7, 11) is 1.87. The van der Waals surface area contributed by atoms with Gasteiger partial charge in [0.2, 0.25) is 5.82 Å². The molecule has 1 aliphatic heterocycles. The molecular formula is C18H16N6O2. The van der Waals surface area contributed by atoms with Gasteiger partial charge in [-0.25, -0.2) is 9.36 Å². The third kappa shape index (κ3) is 2.22. The highest BCUT2D eigenvalue weighted by atomic mass is 16.5. The lowest BCUT2D eigenvalue weighted by atomic mass is 10.1. The van der Waals surface area contributed by atoms with Gasteiger partial charge in [0.05, 0.1) is 12.3 Å². The summed E-state index contributed by atoms with van der Waals surface area (Å²) in [5.41, 5.74) is 3.66. The fourth-order valence-electron chi connectivity index (χ4n) is 3.32. The zero-order chi connectivity index (χ0) is 17.7. The first-order valence-electron chi connectivity index (χ1n) is 8.34. The topological polar surface area (TPSA) is 83.8 Å². The van der Waals surface area contributed by atoms with Gasteiger partial charge in [0.25, 0.3) is 5.89 Å². The lowest BCUT2D eigenvalue weighted by Gasteiger charge is -2.03. The summed E-state index contributed by atoms with van der Waals surface area (Å²) in [6.45, 7) is 2.64. The van der Waals surface area contributed by atoms with E-state index in [4.69, 9.17) is 9.26 Å². The van der Waals surface area contributed by atoms with E-state index in [0.29, 0.717) is 11.7 Å². The smallest absolute Gasteiger partial charge is 0.263 e. The number of nitrogens with zero attached hydrogens (tertiary/aromatic N) is 6. The molecule has 0 unspecified atom stereocenters. The Balaban J connectivity index is 1.60. The quantitative estimate of drug-likeness (QED) is 0.566. The third-order valence-corrected chi connectivity index (χ3v) is 4.50. The minimum atomic E-state index is 0.424. The van der Waals surface area contributed by atoms with E-state index in [9.17, 15) is 0 Å². The number of aryl methyl sites for hydroxylation is 2. The maximum absolute atomic E-state index is 5.57. The average molecular weight is 348 g/mol. The second-order valence-corrected chi connectivity index (χ2v) is 6.20. The van der Waals surface area contributed by atoms with Crippen molar-refractivity contribution in [2.45, 2.75) is 13.3 Å². The molecule has 0 saturated carbocycles. The van der Waals surface area contributed by atoms with E-state index in [-0.39, 0.29) is 0 Å². The van der Waals surface area contributed by atoms with Crippen LogP contribution in [0.15, 0.2) is 41.2 Å². The molecule has 26 heavy (non-hydrogen) atoms. The Kier molecular flexibility index (Phi) is 3.18. The molecular weight excluding hydrogens is 332 g/mol.